The van der Waals surface area contributed by atoms with Gasteiger partial charge in [0.1, 0.15) is 0 Å². The molecule has 0 saturated heterocycles. The van der Waals surface area contributed by atoms with Crippen LogP contribution in [0, 0.1) is 18.8 Å². The Morgan fingerprint density at radius 3 is 3.10 bits per heavy atom. The van der Waals surface area contributed by atoms with Gasteiger partial charge in [0.2, 0.25) is 0 Å². The van der Waals surface area contributed by atoms with Crippen molar-refractivity contribution in [1.82, 2.24) is 10.3 Å². The molecular formula is C15H15N3OS. The van der Waals surface area contributed by atoms with Crippen LogP contribution in [0.3, 0.4) is 0 Å². The lowest BCUT2D eigenvalue weighted by Crippen LogP contribution is -2.23. The van der Waals surface area contributed by atoms with Gasteiger partial charge in [0.25, 0.3) is 5.91 Å². The number of pyridine rings is 1. The zero-order valence-electron chi connectivity index (χ0n) is 11.1. The fourth-order valence-corrected chi connectivity index (χ4v) is 2.49. The highest BCUT2D eigenvalue weighted by atomic mass is 32.1. The summed E-state index contributed by atoms with van der Waals surface area (Å²) in [6.07, 6.45) is 1.67. The smallest absolute Gasteiger partial charge is 0.253 e. The first-order valence-electron chi connectivity index (χ1n) is 6.17. The van der Waals surface area contributed by atoms with Crippen LogP contribution in [0.5, 0.6) is 0 Å². The summed E-state index contributed by atoms with van der Waals surface area (Å²) in [6, 6.07) is 5.45. The second kappa shape index (κ2) is 6.85. The van der Waals surface area contributed by atoms with Crippen LogP contribution >= 0.6 is 11.3 Å². The van der Waals surface area contributed by atoms with E-state index < -0.39 is 0 Å². The van der Waals surface area contributed by atoms with Crippen molar-refractivity contribution in [3.8, 4) is 11.8 Å². The van der Waals surface area contributed by atoms with Crippen LogP contribution in [0.2, 0.25) is 0 Å². The molecule has 0 fully saturated rings. The molecule has 2 heterocycles. The zero-order valence-corrected chi connectivity index (χ0v) is 12.0. The number of aryl methyl sites for hydroxylation is 1. The fourth-order valence-electron chi connectivity index (χ4n) is 1.72. The molecule has 2 aromatic heterocycles. The number of hydrogen-bond donors (Lipinski definition) is 2. The maximum absolute atomic E-state index is 12.1. The van der Waals surface area contributed by atoms with Crippen molar-refractivity contribution in [3.63, 3.8) is 0 Å². The summed E-state index contributed by atoms with van der Waals surface area (Å²) in [6.45, 7) is 2.61. The minimum Gasteiger partial charge on any atom is -0.347 e. The van der Waals surface area contributed by atoms with E-state index in [4.69, 9.17) is 5.73 Å². The average molecular weight is 285 g/mol. The number of carbonyl (C=O) groups excluding carboxylic acids is 1. The highest BCUT2D eigenvalue weighted by Gasteiger charge is 2.10. The number of hydrogen-bond acceptors (Lipinski definition) is 4. The van der Waals surface area contributed by atoms with E-state index in [9.17, 15) is 4.79 Å². The summed E-state index contributed by atoms with van der Waals surface area (Å²) in [4.78, 5) is 17.2. The van der Waals surface area contributed by atoms with E-state index in [0.29, 0.717) is 18.7 Å². The van der Waals surface area contributed by atoms with Gasteiger partial charge in [-0.3, -0.25) is 9.78 Å². The third-order valence-electron chi connectivity index (χ3n) is 2.73. The van der Waals surface area contributed by atoms with Gasteiger partial charge >= 0.3 is 0 Å². The lowest BCUT2D eigenvalue weighted by Gasteiger charge is -2.06. The van der Waals surface area contributed by atoms with Gasteiger partial charge in [-0.25, -0.2) is 0 Å². The lowest BCUT2D eigenvalue weighted by molar-refractivity contribution is 0.0950. The second-order valence-corrected chi connectivity index (χ2v) is 5.08. The largest absolute Gasteiger partial charge is 0.347 e. The molecular weight excluding hydrogens is 270 g/mol. The third kappa shape index (κ3) is 3.44. The van der Waals surface area contributed by atoms with Crippen molar-refractivity contribution in [1.29, 1.82) is 0 Å². The average Bonchev–Trinajstić information content (AvgIpc) is 2.90. The summed E-state index contributed by atoms with van der Waals surface area (Å²) in [5.41, 5.74) is 7.60. The molecule has 5 heteroatoms. The van der Waals surface area contributed by atoms with E-state index in [1.54, 1.807) is 29.7 Å². The van der Waals surface area contributed by atoms with E-state index in [2.05, 4.69) is 22.1 Å². The minimum atomic E-state index is -0.123. The third-order valence-corrected chi connectivity index (χ3v) is 3.65. The summed E-state index contributed by atoms with van der Waals surface area (Å²) in [5, 5.41) is 4.85. The van der Waals surface area contributed by atoms with Crippen LogP contribution in [0.1, 0.15) is 26.5 Å². The van der Waals surface area contributed by atoms with E-state index >= 15 is 0 Å². The highest BCUT2D eigenvalue weighted by Crippen LogP contribution is 2.15. The quantitative estimate of drug-likeness (QED) is 0.843. The first-order chi connectivity index (χ1) is 9.72. The number of aromatic nitrogens is 1. The van der Waals surface area contributed by atoms with Crippen LogP contribution in [0.25, 0.3) is 0 Å². The molecule has 0 saturated carbocycles. The normalized spacial score (nSPS) is 9.70. The molecule has 0 unspecified atom stereocenters. The van der Waals surface area contributed by atoms with E-state index in [0.717, 1.165) is 16.1 Å². The molecule has 0 aliphatic rings. The molecule has 20 heavy (non-hydrogen) atoms. The van der Waals surface area contributed by atoms with Crippen LogP contribution in [-0.4, -0.2) is 17.4 Å². The van der Waals surface area contributed by atoms with Gasteiger partial charge in [-0.15, -0.1) is 11.3 Å². The Labute approximate surface area is 122 Å². The number of carbonyl (C=O) groups is 1. The monoisotopic (exact) mass is 285 g/mol. The van der Waals surface area contributed by atoms with Crippen molar-refractivity contribution in [2.24, 2.45) is 5.73 Å². The van der Waals surface area contributed by atoms with Gasteiger partial charge in [-0.1, -0.05) is 11.8 Å². The molecule has 0 bridgehead atoms. The second-order valence-electron chi connectivity index (χ2n) is 4.08. The van der Waals surface area contributed by atoms with Gasteiger partial charge < -0.3 is 11.1 Å². The fraction of sp³-hybridized carbons (Fsp3) is 0.200. The van der Waals surface area contributed by atoms with Gasteiger partial charge in [0.15, 0.2) is 0 Å². The van der Waals surface area contributed by atoms with Crippen molar-refractivity contribution in [3.05, 3.63) is 51.5 Å². The molecule has 102 valence electrons. The molecule has 2 rings (SSSR count). The standard InChI is InChI=1S/C15H15N3OS/c1-11-13(5-3-8-17-11)15(19)18-10-14-12(4-2-7-16)6-9-20-14/h3,5-6,8-9H,7,10,16H2,1H3,(H,18,19). The first-order valence-corrected chi connectivity index (χ1v) is 7.05. The SMILES string of the molecule is Cc1ncccc1C(=O)NCc1sccc1C#CCN. The number of nitrogens with two attached hydrogens (primary N) is 1. The predicted octanol–water partition coefficient (Wildman–Crippen LogP) is 1.69. The molecule has 0 aliphatic heterocycles. The number of amides is 1. The van der Waals surface area contributed by atoms with Crippen molar-refractivity contribution in [2.45, 2.75) is 13.5 Å². The molecule has 0 spiro atoms. The molecule has 0 atom stereocenters. The maximum Gasteiger partial charge on any atom is 0.253 e. The summed E-state index contributed by atoms with van der Waals surface area (Å²) in [7, 11) is 0. The van der Waals surface area contributed by atoms with Crippen molar-refractivity contribution >= 4 is 17.2 Å². The Morgan fingerprint density at radius 2 is 2.35 bits per heavy atom. The van der Waals surface area contributed by atoms with E-state index in [1.807, 2.05) is 18.4 Å². The Bertz CT molecular complexity index is 667. The topological polar surface area (TPSA) is 68.0 Å². The van der Waals surface area contributed by atoms with Gasteiger partial charge in [-0.2, -0.15) is 0 Å². The lowest BCUT2D eigenvalue weighted by atomic mass is 10.2. The zero-order chi connectivity index (χ0) is 14.4. The molecule has 1 amide bonds. The maximum atomic E-state index is 12.1. The van der Waals surface area contributed by atoms with Crippen LogP contribution in [-0.2, 0) is 6.54 Å². The Balaban J connectivity index is 2.04. The van der Waals surface area contributed by atoms with Gasteiger partial charge in [-0.05, 0) is 30.5 Å². The van der Waals surface area contributed by atoms with E-state index in [1.165, 1.54) is 0 Å². The number of nitrogens with one attached hydrogen (secondary N) is 1. The Hall–Kier alpha value is -2.16. The van der Waals surface area contributed by atoms with Crippen molar-refractivity contribution in [2.75, 3.05) is 6.54 Å². The molecule has 0 radical (unpaired) electrons. The molecule has 3 N–H and O–H groups in total. The van der Waals surface area contributed by atoms with Crippen LogP contribution in [0.15, 0.2) is 29.8 Å². The molecule has 0 aromatic carbocycles. The summed E-state index contributed by atoms with van der Waals surface area (Å²) < 4.78 is 0. The van der Waals surface area contributed by atoms with Crippen LogP contribution in [0.4, 0.5) is 0 Å². The Kier molecular flexibility index (Phi) is 4.88. The number of thiophene rings is 1. The molecule has 2 aromatic rings. The molecule has 0 aliphatic carbocycles. The minimum absolute atomic E-state index is 0.123. The van der Waals surface area contributed by atoms with Gasteiger partial charge in [0.05, 0.1) is 18.7 Å². The number of rotatable bonds is 3. The number of nitrogens with zero attached hydrogens (tertiary/aromatic N) is 1. The molecule has 4 nitrogen and oxygen atoms in total. The first kappa shape index (κ1) is 14.3. The summed E-state index contributed by atoms with van der Waals surface area (Å²) >= 11 is 1.57. The van der Waals surface area contributed by atoms with Crippen LogP contribution < -0.4 is 11.1 Å². The van der Waals surface area contributed by atoms with E-state index in [-0.39, 0.29) is 5.91 Å². The van der Waals surface area contributed by atoms with Crippen molar-refractivity contribution < 1.29 is 4.79 Å². The predicted molar refractivity (Wildman–Crippen MR) is 80.4 cm³/mol. The van der Waals surface area contributed by atoms with Gasteiger partial charge in [0, 0.05) is 22.3 Å². The summed E-state index contributed by atoms with van der Waals surface area (Å²) in [5.74, 6) is 5.70. The Morgan fingerprint density at radius 1 is 1.50 bits per heavy atom. The highest BCUT2D eigenvalue weighted by molar-refractivity contribution is 7.10.